The van der Waals surface area contributed by atoms with E-state index in [0.29, 0.717) is 12.1 Å². The fraction of sp³-hybridized carbons (Fsp3) is 0.190. The van der Waals surface area contributed by atoms with Gasteiger partial charge in [-0.25, -0.2) is 0 Å². The number of amides is 1. The van der Waals surface area contributed by atoms with Crippen molar-refractivity contribution in [3.63, 3.8) is 0 Å². The Kier molecular flexibility index (Phi) is 4.02. The molecule has 1 aliphatic rings. The van der Waals surface area contributed by atoms with Crippen LogP contribution in [0.25, 0.3) is 5.69 Å². The van der Waals surface area contributed by atoms with Crippen molar-refractivity contribution in [1.29, 1.82) is 0 Å². The van der Waals surface area contributed by atoms with Gasteiger partial charge in [-0.15, -0.1) is 0 Å². The molecule has 1 atom stereocenters. The zero-order valence-electron chi connectivity index (χ0n) is 14.1. The molecule has 0 saturated carbocycles. The maximum absolute atomic E-state index is 13.1. The van der Waals surface area contributed by atoms with E-state index in [4.69, 9.17) is 4.74 Å². The zero-order chi connectivity index (χ0) is 17.2. The van der Waals surface area contributed by atoms with Crippen LogP contribution in [0.2, 0.25) is 0 Å². The fourth-order valence-corrected chi connectivity index (χ4v) is 3.14. The van der Waals surface area contributed by atoms with Gasteiger partial charge in [0.1, 0.15) is 11.9 Å². The number of ether oxygens (including phenoxy) is 1. The lowest BCUT2D eigenvalue weighted by atomic mass is 10.1. The second-order valence-corrected chi connectivity index (χ2v) is 6.17. The number of carbonyl (C=O) groups excluding carboxylic acids is 1. The van der Waals surface area contributed by atoms with Gasteiger partial charge in [0.25, 0.3) is 5.91 Å². The van der Waals surface area contributed by atoms with Crippen molar-refractivity contribution in [2.75, 3.05) is 11.4 Å². The molecule has 1 unspecified atom stereocenters. The summed E-state index contributed by atoms with van der Waals surface area (Å²) in [6, 6.07) is 19.4. The summed E-state index contributed by atoms with van der Waals surface area (Å²) in [4.78, 5) is 14.9. The molecule has 3 aromatic rings. The third-order valence-corrected chi connectivity index (χ3v) is 4.55. The van der Waals surface area contributed by atoms with E-state index in [1.54, 1.807) is 0 Å². The molecule has 0 saturated heterocycles. The molecule has 2 heterocycles. The molecule has 4 heteroatoms. The van der Waals surface area contributed by atoms with Crippen LogP contribution in [0.4, 0.5) is 5.69 Å². The summed E-state index contributed by atoms with van der Waals surface area (Å²) in [6.07, 6.45) is 4.87. The van der Waals surface area contributed by atoms with Crippen LogP contribution in [0.5, 0.6) is 5.75 Å². The number of aromatic nitrogens is 1. The molecule has 2 aromatic carbocycles. The first kappa shape index (κ1) is 15.5. The predicted molar refractivity (Wildman–Crippen MR) is 98.6 cm³/mol. The van der Waals surface area contributed by atoms with E-state index in [1.165, 1.54) is 0 Å². The summed E-state index contributed by atoms with van der Waals surface area (Å²) in [5.41, 5.74) is 2.56. The number of hydrogen-bond donors (Lipinski definition) is 0. The summed E-state index contributed by atoms with van der Waals surface area (Å²) in [5, 5.41) is 0. The molecule has 0 fully saturated rings. The number of rotatable bonds is 3. The highest BCUT2D eigenvalue weighted by molar-refractivity contribution is 6.07. The van der Waals surface area contributed by atoms with Crippen LogP contribution >= 0.6 is 0 Å². The molecule has 0 N–H and O–H groups in total. The summed E-state index contributed by atoms with van der Waals surface area (Å²) in [7, 11) is 0. The Morgan fingerprint density at radius 1 is 1.04 bits per heavy atom. The number of para-hydroxylation sites is 2. The average Bonchev–Trinajstić information content (AvgIpc) is 3.21. The Hall–Kier alpha value is -3.01. The maximum atomic E-state index is 13.1. The van der Waals surface area contributed by atoms with Gasteiger partial charge in [0, 0.05) is 23.6 Å². The van der Waals surface area contributed by atoms with Crippen LogP contribution in [-0.4, -0.2) is 23.1 Å². The molecular weight excluding hydrogens is 312 g/mol. The minimum Gasteiger partial charge on any atom is -0.486 e. The van der Waals surface area contributed by atoms with Crippen LogP contribution in [0, 0.1) is 0 Å². The van der Waals surface area contributed by atoms with Gasteiger partial charge < -0.3 is 14.2 Å². The third kappa shape index (κ3) is 2.91. The first-order chi connectivity index (χ1) is 12.3. The molecule has 4 nitrogen and oxygen atoms in total. The Bertz CT molecular complexity index is 869. The lowest BCUT2D eigenvalue weighted by molar-refractivity contribution is 0.0954. The largest absolute Gasteiger partial charge is 0.486 e. The third-order valence-electron chi connectivity index (χ3n) is 4.55. The number of anilines is 1. The van der Waals surface area contributed by atoms with E-state index in [-0.39, 0.29) is 12.0 Å². The molecule has 1 aromatic heterocycles. The lowest BCUT2D eigenvalue weighted by Gasteiger charge is -2.34. The van der Waals surface area contributed by atoms with E-state index < -0.39 is 0 Å². The van der Waals surface area contributed by atoms with Gasteiger partial charge >= 0.3 is 0 Å². The van der Waals surface area contributed by atoms with Crippen molar-refractivity contribution in [2.24, 2.45) is 0 Å². The molecule has 0 radical (unpaired) electrons. The van der Waals surface area contributed by atoms with Gasteiger partial charge in [-0.2, -0.15) is 0 Å². The topological polar surface area (TPSA) is 34.5 Å². The molecule has 126 valence electrons. The maximum Gasteiger partial charge on any atom is 0.258 e. The highest BCUT2D eigenvalue weighted by Gasteiger charge is 2.29. The van der Waals surface area contributed by atoms with Crippen molar-refractivity contribution in [3.05, 3.63) is 78.6 Å². The van der Waals surface area contributed by atoms with Gasteiger partial charge in [-0.3, -0.25) is 4.79 Å². The monoisotopic (exact) mass is 332 g/mol. The molecular formula is C21H20N2O2. The van der Waals surface area contributed by atoms with Crippen LogP contribution in [0.1, 0.15) is 23.7 Å². The Labute approximate surface area is 147 Å². The van der Waals surface area contributed by atoms with Crippen LogP contribution in [0.15, 0.2) is 73.1 Å². The summed E-state index contributed by atoms with van der Waals surface area (Å²) < 4.78 is 7.99. The number of fused-ring (bicyclic) bond motifs is 1. The Morgan fingerprint density at radius 2 is 1.76 bits per heavy atom. The SMILES string of the molecule is CCC1CN(C(=O)c2ccc(-n3cccc3)cc2)c2ccccc2O1. The van der Waals surface area contributed by atoms with Crippen molar-refractivity contribution >= 4 is 11.6 Å². The number of nitrogens with zero attached hydrogens (tertiary/aromatic N) is 2. The second-order valence-electron chi connectivity index (χ2n) is 6.17. The molecule has 0 spiro atoms. The molecule has 25 heavy (non-hydrogen) atoms. The summed E-state index contributed by atoms with van der Waals surface area (Å²) >= 11 is 0. The normalized spacial score (nSPS) is 16.2. The van der Waals surface area contributed by atoms with Crippen LogP contribution in [-0.2, 0) is 0 Å². The fourth-order valence-electron chi connectivity index (χ4n) is 3.14. The minimum absolute atomic E-state index is 0.00764. The van der Waals surface area contributed by atoms with Gasteiger partial charge in [0.05, 0.1) is 12.2 Å². The quantitative estimate of drug-likeness (QED) is 0.717. The molecule has 0 aliphatic carbocycles. The standard InChI is InChI=1S/C21H20N2O2/c1-2-18-15-23(19-7-3-4-8-20(19)25-18)21(24)16-9-11-17(12-10-16)22-13-5-6-14-22/h3-14,18H,2,15H2,1H3. The van der Waals surface area contributed by atoms with E-state index in [9.17, 15) is 4.79 Å². The van der Waals surface area contributed by atoms with Gasteiger partial charge in [-0.05, 0) is 55.0 Å². The lowest BCUT2D eigenvalue weighted by Crippen LogP contribution is -2.43. The first-order valence-electron chi connectivity index (χ1n) is 8.57. The van der Waals surface area contributed by atoms with Crippen molar-refractivity contribution in [1.82, 2.24) is 4.57 Å². The zero-order valence-corrected chi connectivity index (χ0v) is 14.1. The van der Waals surface area contributed by atoms with Gasteiger partial charge in [0.15, 0.2) is 0 Å². The summed E-state index contributed by atoms with van der Waals surface area (Å²) in [6.45, 7) is 2.65. The smallest absolute Gasteiger partial charge is 0.258 e. The van der Waals surface area contributed by atoms with E-state index in [0.717, 1.165) is 23.5 Å². The Morgan fingerprint density at radius 3 is 2.48 bits per heavy atom. The van der Waals surface area contributed by atoms with Gasteiger partial charge in [-0.1, -0.05) is 19.1 Å². The molecule has 0 bridgehead atoms. The highest BCUT2D eigenvalue weighted by atomic mass is 16.5. The molecule has 1 aliphatic heterocycles. The Balaban J connectivity index is 1.64. The summed E-state index contributed by atoms with van der Waals surface area (Å²) in [5.74, 6) is 0.783. The first-order valence-corrected chi connectivity index (χ1v) is 8.57. The van der Waals surface area contributed by atoms with Crippen LogP contribution < -0.4 is 9.64 Å². The van der Waals surface area contributed by atoms with Crippen LogP contribution in [0.3, 0.4) is 0 Å². The second kappa shape index (κ2) is 6.48. The highest BCUT2D eigenvalue weighted by Crippen LogP contribution is 2.34. The van der Waals surface area contributed by atoms with Crippen molar-refractivity contribution in [2.45, 2.75) is 19.4 Å². The molecule has 1 amide bonds. The van der Waals surface area contributed by atoms with Crippen molar-refractivity contribution in [3.8, 4) is 11.4 Å². The molecule has 4 rings (SSSR count). The number of benzene rings is 2. The average molecular weight is 332 g/mol. The number of carbonyl (C=O) groups is 1. The van der Waals surface area contributed by atoms with Crippen molar-refractivity contribution < 1.29 is 9.53 Å². The van der Waals surface area contributed by atoms with E-state index in [1.807, 2.05) is 82.5 Å². The number of hydrogen-bond acceptors (Lipinski definition) is 2. The predicted octanol–water partition coefficient (Wildman–Crippen LogP) is 4.30. The minimum atomic E-state index is 0.00764. The van der Waals surface area contributed by atoms with E-state index >= 15 is 0 Å². The van der Waals surface area contributed by atoms with E-state index in [2.05, 4.69) is 6.92 Å². The van der Waals surface area contributed by atoms with Gasteiger partial charge in [0.2, 0.25) is 0 Å².